The molecule has 2 aliphatic rings. The number of fused-ring (bicyclic) bond motifs is 1. The number of piperidine rings is 2. The normalized spacial score (nSPS) is 20.8. The summed E-state index contributed by atoms with van der Waals surface area (Å²) in [5.41, 5.74) is 2.67. The van der Waals surface area contributed by atoms with E-state index < -0.39 is 0 Å². The van der Waals surface area contributed by atoms with E-state index in [-0.39, 0.29) is 11.9 Å². The van der Waals surface area contributed by atoms with E-state index in [0.717, 1.165) is 54.1 Å². The molecule has 1 aromatic heterocycles. The number of nitrogens with zero attached hydrogens (tertiary/aromatic N) is 3. The number of pyridine rings is 1. The smallest absolute Gasteiger partial charge is 0.251 e. The first-order chi connectivity index (χ1) is 13.1. The van der Waals surface area contributed by atoms with Crippen molar-refractivity contribution in [2.24, 2.45) is 0 Å². The highest BCUT2D eigenvalue weighted by molar-refractivity contribution is 5.98. The van der Waals surface area contributed by atoms with Crippen LogP contribution in [0.25, 0.3) is 10.9 Å². The first kappa shape index (κ1) is 18.4. The van der Waals surface area contributed by atoms with Gasteiger partial charge < -0.3 is 15.1 Å². The highest BCUT2D eigenvalue weighted by Crippen LogP contribution is 2.21. The van der Waals surface area contributed by atoms with Crippen LogP contribution in [0.15, 0.2) is 30.3 Å². The van der Waals surface area contributed by atoms with Crippen LogP contribution < -0.4 is 5.32 Å². The molecule has 27 heavy (non-hydrogen) atoms. The Balaban J connectivity index is 1.32. The fourth-order valence-electron chi connectivity index (χ4n) is 4.41. The number of aromatic nitrogens is 1. The van der Waals surface area contributed by atoms with E-state index in [2.05, 4.69) is 27.1 Å². The van der Waals surface area contributed by atoms with Crippen molar-refractivity contribution in [3.63, 3.8) is 0 Å². The summed E-state index contributed by atoms with van der Waals surface area (Å²) in [4.78, 5) is 22.3. The molecule has 1 N–H and O–H groups in total. The van der Waals surface area contributed by atoms with E-state index in [1.165, 1.54) is 25.9 Å². The van der Waals surface area contributed by atoms with E-state index in [0.29, 0.717) is 0 Å². The zero-order valence-corrected chi connectivity index (χ0v) is 16.4. The molecule has 0 radical (unpaired) electrons. The number of likely N-dealkylation sites (tertiary alicyclic amines) is 2. The van der Waals surface area contributed by atoms with Crippen LogP contribution in [0.3, 0.4) is 0 Å². The molecule has 2 aromatic rings. The largest absolute Gasteiger partial charge is 0.349 e. The SMILES string of the molecule is Cc1ccc2cc(C(=O)NC3CCN(C4CCN(C)CC4)CC3)ccc2n1. The Morgan fingerprint density at radius 3 is 2.52 bits per heavy atom. The summed E-state index contributed by atoms with van der Waals surface area (Å²) >= 11 is 0. The number of amides is 1. The summed E-state index contributed by atoms with van der Waals surface area (Å²) in [6.45, 7) is 6.59. The summed E-state index contributed by atoms with van der Waals surface area (Å²) < 4.78 is 0. The van der Waals surface area contributed by atoms with Crippen molar-refractivity contribution in [3.05, 3.63) is 41.6 Å². The van der Waals surface area contributed by atoms with Gasteiger partial charge in [-0.3, -0.25) is 9.78 Å². The maximum absolute atomic E-state index is 12.7. The van der Waals surface area contributed by atoms with Crippen LogP contribution in [-0.2, 0) is 0 Å². The van der Waals surface area contributed by atoms with E-state index in [9.17, 15) is 4.79 Å². The Morgan fingerprint density at radius 2 is 1.78 bits per heavy atom. The van der Waals surface area contributed by atoms with Crippen molar-refractivity contribution in [1.29, 1.82) is 0 Å². The van der Waals surface area contributed by atoms with Crippen LogP contribution in [0.4, 0.5) is 0 Å². The van der Waals surface area contributed by atoms with Crippen LogP contribution in [0.1, 0.15) is 41.7 Å². The van der Waals surface area contributed by atoms with E-state index in [4.69, 9.17) is 0 Å². The first-order valence-electron chi connectivity index (χ1n) is 10.2. The minimum atomic E-state index is 0.0372. The van der Waals surface area contributed by atoms with Gasteiger partial charge in [0.1, 0.15) is 0 Å². The zero-order valence-electron chi connectivity index (χ0n) is 16.4. The van der Waals surface area contributed by atoms with Gasteiger partial charge in [-0.25, -0.2) is 0 Å². The second-order valence-electron chi connectivity index (χ2n) is 8.18. The van der Waals surface area contributed by atoms with Crippen molar-refractivity contribution in [1.82, 2.24) is 20.1 Å². The Bertz CT molecular complexity index is 805. The Hall–Kier alpha value is -1.98. The summed E-state index contributed by atoms with van der Waals surface area (Å²) in [6, 6.07) is 10.8. The summed E-state index contributed by atoms with van der Waals surface area (Å²) in [6.07, 6.45) is 4.65. The molecule has 0 bridgehead atoms. The van der Waals surface area contributed by atoms with Crippen LogP contribution >= 0.6 is 0 Å². The third-order valence-corrected chi connectivity index (χ3v) is 6.16. The first-order valence-corrected chi connectivity index (χ1v) is 10.2. The summed E-state index contributed by atoms with van der Waals surface area (Å²) in [7, 11) is 2.21. The lowest BCUT2D eigenvalue weighted by atomic mass is 9.98. The molecule has 0 unspecified atom stereocenters. The molecule has 2 fully saturated rings. The maximum Gasteiger partial charge on any atom is 0.251 e. The van der Waals surface area contributed by atoms with Gasteiger partial charge in [0.15, 0.2) is 0 Å². The molecule has 0 atom stereocenters. The monoisotopic (exact) mass is 366 g/mol. The van der Waals surface area contributed by atoms with Gasteiger partial charge in [-0.15, -0.1) is 0 Å². The van der Waals surface area contributed by atoms with Crippen LogP contribution in [0.2, 0.25) is 0 Å². The fourth-order valence-corrected chi connectivity index (χ4v) is 4.41. The average molecular weight is 367 g/mol. The molecule has 2 aliphatic heterocycles. The van der Waals surface area contributed by atoms with Crippen molar-refractivity contribution in [3.8, 4) is 0 Å². The van der Waals surface area contributed by atoms with E-state index >= 15 is 0 Å². The molecular formula is C22H30N4O. The van der Waals surface area contributed by atoms with Gasteiger partial charge in [0, 0.05) is 41.8 Å². The van der Waals surface area contributed by atoms with Crippen molar-refractivity contribution in [2.75, 3.05) is 33.2 Å². The molecule has 5 nitrogen and oxygen atoms in total. The summed E-state index contributed by atoms with van der Waals surface area (Å²) in [5.74, 6) is 0.0372. The molecule has 0 spiro atoms. The zero-order chi connectivity index (χ0) is 18.8. The number of hydrogen-bond donors (Lipinski definition) is 1. The molecular weight excluding hydrogens is 336 g/mol. The lowest BCUT2D eigenvalue weighted by molar-refractivity contribution is 0.0807. The third-order valence-electron chi connectivity index (χ3n) is 6.16. The minimum absolute atomic E-state index is 0.0372. The molecule has 1 aromatic carbocycles. The molecule has 1 amide bonds. The highest BCUT2D eigenvalue weighted by Gasteiger charge is 2.28. The van der Waals surface area contributed by atoms with Gasteiger partial charge in [0.25, 0.3) is 5.91 Å². The predicted octanol–water partition coefficient (Wildman–Crippen LogP) is 2.83. The standard InChI is InChI=1S/C22H30N4O/c1-16-3-4-17-15-18(5-6-21(17)23-16)22(27)24-19-7-13-26(14-8-19)20-9-11-25(2)12-10-20/h3-6,15,19-20H,7-14H2,1-2H3,(H,24,27). The number of aryl methyl sites for hydroxylation is 1. The second-order valence-corrected chi connectivity index (χ2v) is 8.18. The number of carbonyl (C=O) groups is 1. The number of carbonyl (C=O) groups excluding carboxylic acids is 1. The topological polar surface area (TPSA) is 48.5 Å². The molecule has 0 aliphatic carbocycles. The number of nitrogens with one attached hydrogen (secondary N) is 1. The third kappa shape index (κ3) is 4.30. The Labute approximate surface area is 161 Å². The van der Waals surface area contributed by atoms with Gasteiger partial charge >= 0.3 is 0 Å². The van der Waals surface area contributed by atoms with Crippen molar-refractivity contribution < 1.29 is 4.79 Å². The van der Waals surface area contributed by atoms with E-state index in [1.54, 1.807) is 0 Å². The lowest BCUT2D eigenvalue weighted by Gasteiger charge is -2.41. The van der Waals surface area contributed by atoms with Gasteiger partial charge in [-0.05, 0) is 77.0 Å². The fraction of sp³-hybridized carbons (Fsp3) is 0.545. The van der Waals surface area contributed by atoms with Crippen molar-refractivity contribution >= 4 is 16.8 Å². The van der Waals surface area contributed by atoms with Gasteiger partial charge in [0.05, 0.1) is 5.52 Å². The number of rotatable bonds is 3. The van der Waals surface area contributed by atoms with Gasteiger partial charge in [-0.2, -0.15) is 0 Å². The quantitative estimate of drug-likeness (QED) is 0.907. The van der Waals surface area contributed by atoms with Gasteiger partial charge in [0.2, 0.25) is 0 Å². The van der Waals surface area contributed by atoms with Crippen LogP contribution in [0.5, 0.6) is 0 Å². The van der Waals surface area contributed by atoms with Gasteiger partial charge in [-0.1, -0.05) is 6.07 Å². The molecule has 4 rings (SSSR count). The predicted molar refractivity (Wildman–Crippen MR) is 109 cm³/mol. The van der Waals surface area contributed by atoms with Crippen LogP contribution in [0, 0.1) is 6.92 Å². The molecule has 2 saturated heterocycles. The lowest BCUT2D eigenvalue weighted by Crippen LogP contribution is -2.50. The maximum atomic E-state index is 12.7. The van der Waals surface area contributed by atoms with Crippen LogP contribution in [-0.4, -0.2) is 66.0 Å². The summed E-state index contributed by atoms with van der Waals surface area (Å²) in [5, 5.41) is 4.27. The number of hydrogen-bond acceptors (Lipinski definition) is 4. The number of benzene rings is 1. The minimum Gasteiger partial charge on any atom is -0.349 e. The molecule has 5 heteroatoms. The Morgan fingerprint density at radius 1 is 1.04 bits per heavy atom. The molecule has 144 valence electrons. The average Bonchev–Trinajstić information content (AvgIpc) is 2.69. The second kappa shape index (κ2) is 7.95. The van der Waals surface area contributed by atoms with E-state index in [1.807, 2.05) is 37.3 Å². The highest BCUT2D eigenvalue weighted by atomic mass is 16.1. The Kier molecular flexibility index (Phi) is 5.41. The molecule has 0 saturated carbocycles. The van der Waals surface area contributed by atoms with Crippen molar-refractivity contribution in [2.45, 2.75) is 44.7 Å². The molecule has 3 heterocycles.